The number of rotatable bonds is 5. The Labute approximate surface area is 113 Å². The van der Waals surface area contributed by atoms with Crippen LogP contribution in [0.25, 0.3) is 0 Å². The van der Waals surface area contributed by atoms with E-state index in [1.807, 2.05) is 6.92 Å². The van der Waals surface area contributed by atoms with E-state index in [1.54, 1.807) is 20.8 Å². The van der Waals surface area contributed by atoms with Crippen molar-refractivity contribution in [2.45, 2.75) is 40.5 Å². The summed E-state index contributed by atoms with van der Waals surface area (Å²) in [6.45, 7) is 7.36. The number of hydrogen-bond donors (Lipinski definition) is 1. The smallest absolute Gasteiger partial charge is 0.336 e. The second-order valence-electron chi connectivity index (χ2n) is 4.55. The maximum atomic E-state index is 12.0. The van der Waals surface area contributed by atoms with Gasteiger partial charge in [-0.15, -0.1) is 0 Å². The second-order valence-corrected chi connectivity index (χ2v) is 4.55. The van der Waals surface area contributed by atoms with Crippen LogP contribution >= 0.6 is 0 Å². The van der Waals surface area contributed by atoms with E-state index >= 15 is 0 Å². The summed E-state index contributed by atoms with van der Waals surface area (Å²) in [6.07, 6.45) is 1.35. The number of dihydropyridines is 1. The number of carbonyl (C=O) groups is 2. The van der Waals surface area contributed by atoms with Gasteiger partial charge in [0.25, 0.3) is 0 Å². The third-order valence-corrected chi connectivity index (χ3v) is 3.17. The molecule has 0 amide bonds. The molecule has 0 spiro atoms. The number of carboxylic acids is 1. The van der Waals surface area contributed by atoms with E-state index in [0.29, 0.717) is 23.4 Å². The van der Waals surface area contributed by atoms with Gasteiger partial charge in [-0.05, 0) is 27.2 Å². The Kier molecular flexibility index (Phi) is 5.15. The summed E-state index contributed by atoms with van der Waals surface area (Å²) < 4.78 is 5.02. The first-order chi connectivity index (χ1) is 8.93. The largest absolute Gasteiger partial charge is 0.545 e. The number of hydrogen-bond acceptors (Lipinski definition) is 5. The van der Waals surface area contributed by atoms with Crippen LogP contribution in [0.4, 0.5) is 0 Å². The monoisotopic (exact) mass is 266 g/mol. The molecule has 1 aliphatic rings. The Morgan fingerprint density at radius 3 is 2.26 bits per heavy atom. The standard InChI is InChI=1S/C14H21NO4/c1-5-7-10-11(13(16)17)8(3)15-9(4)12(10)14(18)19-6-2/h10,15H,5-7H2,1-4H3,(H,16,17)/p-1. The van der Waals surface area contributed by atoms with E-state index in [9.17, 15) is 14.7 Å². The average Bonchev–Trinajstić information content (AvgIpc) is 2.28. The maximum absolute atomic E-state index is 12.0. The van der Waals surface area contributed by atoms with Crippen LogP contribution < -0.4 is 10.4 Å². The highest BCUT2D eigenvalue weighted by molar-refractivity contribution is 5.96. The van der Waals surface area contributed by atoms with Gasteiger partial charge in [-0.25, -0.2) is 4.79 Å². The van der Waals surface area contributed by atoms with E-state index in [0.717, 1.165) is 6.42 Å². The van der Waals surface area contributed by atoms with Gasteiger partial charge in [0.1, 0.15) is 0 Å². The molecule has 1 aliphatic heterocycles. The molecule has 0 bridgehead atoms. The van der Waals surface area contributed by atoms with Crippen molar-refractivity contribution in [2.75, 3.05) is 6.61 Å². The van der Waals surface area contributed by atoms with Gasteiger partial charge in [0, 0.05) is 22.9 Å². The Balaban J connectivity index is 3.23. The molecule has 0 radical (unpaired) electrons. The highest BCUT2D eigenvalue weighted by Crippen LogP contribution is 2.33. The summed E-state index contributed by atoms with van der Waals surface area (Å²) in [7, 11) is 0. The van der Waals surface area contributed by atoms with E-state index in [2.05, 4.69) is 5.32 Å². The van der Waals surface area contributed by atoms with E-state index in [1.165, 1.54) is 0 Å². The minimum absolute atomic E-state index is 0.149. The lowest BCUT2D eigenvalue weighted by molar-refractivity contribution is -0.300. The Morgan fingerprint density at radius 1 is 1.21 bits per heavy atom. The minimum Gasteiger partial charge on any atom is -0.545 e. The van der Waals surface area contributed by atoms with Crippen molar-refractivity contribution in [2.24, 2.45) is 5.92 Å². The molecule has 0 saturated carbocycles. The molecule has 5 nitrogen and oxygen atoms in total. The number of ether oxygens (including phenoxy) is 1. The predicted molar refractivity (Wildman–Crippen MR) is 68.6 cm³/mol. The molecule has 0 fully saturated rings. The van der Waals surface area contributed by atoms with Gasteiger partial charge in [0.15, 0.2) is 0 Å². The van der Waals surface area contributed by atoms with Gasteiger partial charge in [0.05, 0.1) is 18.1 Å². The highest BCUT2D eigenvalue weighted by Gasteiger charge is 2.32. The molecular weight excluding hydrogens is 246 g/mol. The number of allylic oxidation sites excluding steroid dienone is 2. The molecule has 0 aromatic rings. The zero-order valence-corrected chi connectivity index (χ0v) is 11.8. The Morgan fingerprint density at radius 2 is 1.79 bits per heavy atom. The molecule has 0 saturated heterocycles. The quantitative estimate of drug-likeness (QED) is 0.747. The fourth-order valence-corrected chi connectivity index (χ4v) is 2.46. The lowest BCUT2D eigenvalue weighted by Gasteiger charge is -2.31. The highest BCUT2D eigenvalue weighted by atomic mass is 16.5. The van der Waals surface area contributed by atoms with Gasteiger partial charge in [-0.3, -0.25) is 0 Å². The van der Waals surface area contributed by atoms with E-state index in [4.69, 9.17) is 4.74 Å². The zero-order valence-electron chi connectivity index (χ0n) is 11.8. The molecule has 106 valence electrons. The molecule has 0 aromatic carbocycles. The van der Waals surface area contributed by atoms with Crippen molar-refractivity contribution in [3.05, 3.63) is 22.5 Å². The number of nitrogens with one attached hydrogen (secondary N) is 1. The van der Waals surface area contributed by atoms with Gasteiger partial charge in [-0.1, -0.05) is 13.3 Å². The Bertz CT molecular complexity index is 448. The lowest BCUT2D eigenvalue weighted by atomic mass is 9.82. The van der Waals surface area contributed by atoms with Gasteiger partial charge in [-0.2, -0.15) is 0 Å². The first-order valence-electron chi connectivity index (χ1n) is 6.50. The first kappa shape index (κ1) is 15.3. The normalized spacial score (nSPS) is 19.3. The molecule has 19 heavy (non-hydrogen) atoms. The third-order valence-electron chi connectivity index (χ3n) is 3.17. The molecule has 1 rings (SSSR count). The molecular formula is C14H20NO4-. The molecule has 5 heteroatoms. The van der Waals surface area contributed by atoms with Crippen LogP contribution in [0.15, 0.2) is 22.5 Å². The van der Waals surface area contributed by atoms with Crippen molar-refractivity contribution in [1.29, 1.82) is 0 Å². The van der Waals surface area contributed by atoms with Gasteiger partial charge < -0.3 is 20.0 Å². The van der Waals surface area contributed by atoms with E-state index < -0.39 is 17.9 Å². The summed E-state index contributed by atoms with van der Waals surface area (Å²) in [4.78, 5) is 23.3. The topological polar surface area (TPSA) is 78.5 Å². The maximum Gasteiger partial charge on any atom is 0.336 e. The molecule has 1 atom stereocenters. The fraction of sp³-hybridized carbons (Fsp3) is 0.571. The minimum atomic E-state index is -1.24. The van der Waals surface area contributed by atoms with Crippen LogP contribution in [-0.2, 0) is 14.3 Å². The van der Waals surface area contributed by atoms with Crippen molar-refractivity contribution in [1.82, 2.24) is 5.32 Å². The molecule has 0 aliphatic carbocycles. The fourth-order valence-electron chi connectivity index (χ4n) is 2.46. The molecule has 1 heterocycles. The predicted octanol–water partition coefficient (Wildman–Crippen LogP) is 0.867. The summed E-state index contributed by atoms with van der Waals surface area (Å²) in [5.41, 5.74) is 1.73. The van der Waals surface area contributed by atoms with Crippen molar-refractivity contribution in [3.8, 4) is 0 Å². The van der Waals surface area contributed by atoms with Crippen molar-refractivity contribution < 1.29 is 19.4 Å². The van der Waals surface area contributed by atoms with Crippen LogP contribution in [0.5, 0.6) is 0 Å². The molecule has 1 unspecified atom stereocenters. The summed E-state index contributed by atoms with van der Waals surface area (Å²) >= 11 is 0. The first-order valence-corrected chi connectivity index (χ1v) is 6.50. The second kappa shape index (κ2) is 6.41. The third kappa shape index (κ3) is 3.16. The lowest BCUT2D eigenvalue weighted by Crippen LogP contribution is -2.38. The van der Waals surface area contributed by atoms with Gasteiger partial charge in [0.2, 0.25) is 0 Å². The van der Waals surface area contributed by atoms with Crippen molar-refractivity contribution in [3.63, 3.8) is 0 Å². The molecule has 0 aromatic heterocycles. The number of carbonyl (C=O) groups excluding carboxylic acids is 2. The van der Waals surface area contributed by atoms with Crippen LogP contribution in [-0.4, -0.2) is 18.5 Å². The van der Waals surface area contributed by atoms with Gasteiger partial charge >= 0.3 is 5.97 Å². The summed E-state index contributed by atoms with van der Waals surface area (Å²) in [5, 5.41) is 14.2. The van der Waals surface area contributed by atoms with Crippen molar-refractivity contribution >= 4 is 11.9 Å². The SMILES string of the molecule is CCCC1C(C(=O)[O-])=C(C)NC(C)=C1C(=O)OCC. The number of carboxylic acid groups (broad SMARTS) is 1. The van der Waals surface area contributed by atoms with Crippen LogP contribution in [0.1, 0.15) is 40.5 Å². The summed E-state index contributed by atoms with van der Waals surface area (Å²) in [5.74, 6) is -2.16. The van der Waals surface area contributed by atoms with E-state index in [-0.39, 0.29) is 12.2 Å². The average molecular weight is 266 g/mol. The number of esters is 1. The summed E-state index contributed by atoms with van der Waals surface area (Å²) in [6, 6.07) is 0. The van der Waals surface area contributed by atoms with Crippen LogP contribution in [0.3, 0.4) is 0 Å². The Hall–Kier alpha value is -1.78. The number of aliphatic carboxylic acids is 1. The van der Waals surface area contributed by atoms with Crippen LogP contribution in [0, 0.1) is 5.92 Å². The van der Waals surface area contributed by atoms with Crippen LogP contribution in [0.2, 0.25) is 0 Å². The molecule has 1 N–H and O–H groups in total. The zero-order chi connectivity index (χ0) is 14.6.